The molecule has 0 radical (unpaired) electrons. The van der Waals surface area contributed by atoms with E-state index in [-0.39, 0.29) is 23.4 Å². The summed E-state index contributed by atoms with van der Waals surface area (Å²) >= 11 is 0. The fourth-order valence-electron chi connectivity index (χ4n) is 5.01. The van der Waals surface area contributed by atoms with Crippen LogP contribution < -0.4 is 9.46 Å². The third-order valence-corrected chi connectivity index (χ3v) is 8.51. The zero-order valence-corrected chi connectivity index (χ0v) is 21.4. The molecule has 0 aliphatic heterocycles. The number of benzene rings is 2. The van der Waals surface area contributed by atoms with Gasteiger partial charge in [-0.15, -0.1) is 0 Å². The van der Waals surface area contributed by atoms with Crippen molar-refractivity contribution in [1.82, 2.24) is 24.3 Å². The van der Waals surface area contributed by atoms with E-state index >= 15 is 0 Å². The number of hydrogen-bond acceptors (Lipinski definition) is 5. The van der Waals surface area contributed by atoms with Gasteiger partial charge < -0.3 is 4.74 Å². The molecule has 1 aliphatic carbocycles. The van der Waals surface area contributed by atoms with Gasteiger partial charge in [-0.3, -0.25) is 4.68 Å². The number of fused-ring (bicyclic) bond motifs is 1. The summed E-state index contributed by atoms with van der Waals surface area (Å²) in [5, 5.41) is 9.81. The average molecular weight is 512 g/mol. The molecule has 0 amide bonds. The Hall–Kier alpha value is -3.24. The summed E-state index contributed by atoms with van der Waals surface area (Å²) in [5.41, 5.74) is 2.81. The minimum atomic E-state index is -3.75. The van der Waals surface area contributed by atoms with E-state index < -0.39 is 16.1 Å². The number of rotatable bonds is 8. The fraction of sp³-hybridized carbons (Fsp3) is 0.385. The smallest absolute Gasteiger partial charge is 0.244 e. The first-order valence-electron chi connectivity index (χ1n) is 12.2. The molecular weight excluding hydrogens is 481 g/mol. The SMILES string of the molecule is Cc1nn(C2CCCC2)c(C)c1S(=O)(=O)N[C@@H](C)COc1ccc2c(cnn2-c2ccc(F)cc2)c1. The number of aryl methyl sites for hydroxylation is 1. The molecule has 0 spiro atoms. The first-order valence-corrected chi connectivity index (χ1v) is 13.7. The first-order chi connectivity index (χ1) is 17.2. The molecule has 2 aromatic heterocycles. The number of hydrogen-bond donors (Lipinski definition) is 1. The highest BCUT2D eigenvalue weighted by Gasteiger charge is 2.29. The van der Waals surface area contributed by atoms with Gasteiger partial charge in [0.1, 0.15) is 23.1 Å². The van der Waals surface area contributed by atoms with Crippen molar-refractivity contribution in [3.8, 4) is 11.4 Å². The van der Waals surface area contributed by atoms with Crippen LogP contribution in [0.5, 0.6) is 5.75 Å². The monoisotopic (exact) mass is 511 g/mol. The minimum Gasteiger partial charge on any atom is -0.492 e. The Labute approximate surface area is 210 Å². The predicted molar refractivity (Wildman–Crippen MR) is 136 cm³/mol. The maximum absolute atomic E-state index is 13.3. The van der Waals surface area contributed by atoms with Gasteiger partial charge in [-0.05, 0) is 76.1 Å². The molecule has 36 heavy (non-hydrogen) atoms. The number of aromatic nitrogens is 4. The van der Waals surface area contributed by atoms with E-state index in [1.54, 1.807) is 36.9 Å². The topological polar surface area (TPSA) is 91.0 Å². The van der Waals surface area contributed by atoms with Gasteiger partial charge in [0, 0.05) is 5.39 Å². The Morgan fingerprint density at radius 1 is 1.14 bits per heavy atom. The van der Waals surface area contributed by atoms with E-state index in [0.717, 1.165) is 42.3 Å². The van der Waals surface area contributed by atoms with Crippen molar-refractivity contribution in [3.63, 3.8) is 0 Å². The second kappa shape index (κ2) is 9.67. The number of sulfonamides is 1. The highest BCUT2D eigenvalue weighted by molar-refractivity contribution is 7.89. The molecular formula is C26H30FN5O3S. The summed E-state index contributed by atoms with van der Waals surface area (Å²) in [4.78, 5) is 0.260. The highest BCUT2D eigenvalue weighted by atomic mass is 32.2. The van der Waals surface area contributed by atoms with Crippen LogP contribution in [-0.4, -0.2) is 40.6 Å². The first kappa shape index (κ1) is 24.5. The van der Waals surface area contributed by atoms with Crippen molar-refractivity contribution in [1.29, 1.82) is 0 Å². The maximum Gasteiger partial charge on any atom is 0.244 e. The van der Waals surface area contributed by atoms with Gasteiger partial charge in [0.2, 0.25) is 10.0 Å². The lowest BCUT2D eigenvalue weighted by atomic mass is 10.2. The molecule has 10 heteroatoms. The molecule has 5 rings (SSSR count). The number of halogens is 1. The van der Waals surface area contributed by atoms with E-state index in [2.05, 4.69) is 14.9 Å². The average Bonchev–Trinajstić information content (AvgIpc) is 3.57. The quantitative estimate of drug-likeness (QED) is 0.366. The Bertz CT molecular complexity index is 1490. The van der Waals surface area contributed by atoms with Gasteiger partial charge in [-0.1, -0.05) is 12.8 Å². The van der Waals surface area contributed by atoms with Crippen LogP contribution in [-0.2, 0) is 10.0 Å². The molecule has 2 heterocycles. The van der Waals surface area contributed by atoms with Crippen LogP contribution in [0.2, 0.25) is 0 Å². The van der Waals surface area contributed by atoms with Crippen molar-refractivity contribution in [2.45, 2.75) is 63.4 Å². The predicted octanol–water partition coefficient (Wildman–Crippen LogP) is 4.84. The third kappa shape index (κ3) is 4.75. The van der Waals surface area contributed by atoms with Gasteiger partial charge in [0.15, 0.2) is 0 Å². The Kier molecular flexibility index (Phi) is 6.57. The molecule has 2 aromatic carbocycles. The maximum atomic E-state index is 13.3. The largest absolute Gasteiger partial charge is 0.492 e. The lowest BCUT2D eigenvalue weighted by Gasteiger charge is -2.16. The Balaban J connectivity index is 1.26. The van der Waals surface area contributed by atoms with Crippen molar-refractivity contribution < 1.29 is 17.5 Å². The fourth-order valence-corrected chi connectivity index (χ4v) is 6.64. The summed E-state index contributed by atoms with van der Waals surface area (Å²) in [7, 11) is -3.75. The van der Waals surface area contributed by atoms with E-state index in [0.29, 0.717) is 17.1 Å². The Morgan fingerprint density at radius 2 is 1.86 bits per heavy atom. The third-order valence-electron chi connectivity index (χ3n) is 6.66. The van der Waals surface area contributed by atoms with Crippen LogP contribution >= 0.6 is 0 Å². The zero-order valence-electron chi connectivity index (χ0n) is 20.6. The molecule has 1 aliphatic rings. The van der Waals surface area contributed by atoms with Crippen LogP contribution in [0.3, 0.4) is 0 Å². The molecule has 8 nitrogen and oxygen atoms in total. The lowest BCUT2D eigenvalue weighted by molar-refractivity contribution is 0.288. The molecule has 190 valence electrons. The summed E-state index contributed by atoms with van der Waals surface area (Å²) < 4.78 is 51.9. The van der Waals surface area contributed by atoms with Crippen LogP contribution in [0.15, 0.2) is 53.6 Å². The van der Waals surface area contributed by atoms with E-state index in [9.17, 15) is 12.8 Å². The van der Waals surface area contributed by atoms with Crippen molar-refractivity contribution in [2.24, 2.45) is 0 Å². The number of nitrogens with zero attached hydrogens (tertiary/aromatic N) is 4. The van der Waals surface area contributed by atoms with Gasteiger partial charge in [-0.2, -0.15) is 10.2 Å². The molecule has 0 saturated heterocycles. The van der Waals surface area contributed by atoms with Crippen LogP contribution in [0.4, 0.5) is 4.39 Å². The van der Waals surface area contributed by atoms with E-state index in [1.165, 1.54) is 12.1 Å². The van der Waals surface area contributed by atoms with Gasteiger partial charge in [-0.25, -0.2) is 22.2 Å². The minimum absolute atomic E-state index is 0.158. The van der Waals surface area contributed by atoms with Crippen LogP contribution in [0.25, 0.3) is 16.6 Å². The summed E-state index contributed by atoms with van der Waals surface area (Å²) in [5.74, 6) is 0.303. The van der Waals surface area contributed by atoms with E-state index in [4.69, 9.17) is 4.74 Å². The molecule has 4 aromatic rings. The van der Waals surface area contributed by atoms with Crippen molar-refractivity contribution in [3.05, 3.63) is 65.9 Å². The van der Waals surface area contributed by atoms with Crippen molar-refractivity contribution in [2.75, 3.05) is 6.61 Å². The highest BCUT2D eigenvalue weighted by Crippen LogP contribution is 2.32. The standard InChI is InChI=1S/C26H30FN5O3S/c1-17(30-36(33,34)26-18(2)29-31(19(26)3)22-6-4-5-7-22)16-35-24-12-13-25-20(14-24)15-28-32(25)23-10-8-21(27)9-11-23/h8-15,17,22,30H,4-7,16H2,1-3H3/t17-/m0/s1. The molecule has 1 saturated carbocycles. The number of nitrogens with one attached hydrogen (secondary N) is 1. The zero-order chi connectivity index (χ0) is 25.4. The Morgan fingerprint density at radius 3 is 2.58 bits per heavy atom. The normalized spacial score (nSPS) is 15.6. The summed E-state index contributed by atoms with van der Waals surface area (Å²) in [6.07, 6.45) is 6.08. The molecule has 0 unspecified atom stereocenters. The molecule has 1 atom stereocenters. The summed E-state index contributed by atoms with van der Waals surface area (Å²) in [6, 6.07) is 11.5. The lowest BCUT2D eigenvalue weighted by Crippen LogP contribution is -2.37. The molecule has 0 bridgehead atoms. The second-order valence-corrected chi connectivity index (χ2v) is 11.1. The van der Waals surface area contributed by atoms with Crippen molar-refractivity contribution >= 4 is 20.9 Å². The van der Waals surface area contributed by atoms with Crippen LogP contribution in [0.1, 0.15) is 50.0 Å². The van der Waals surface area contributed by atoms with E-state index in [1.807, 2.05) is 29.8 Å². The van der Waals surface area contributed by atoms with Gasteiger partial charge in [0.05, 0.1) is 40.9 Å². The summed E-state index contributed by atoms with van der Waals surface area (Å²) in [6.45, 7) is 5.51. The van der Waals surface area contributed by atoms with Gasteiger partial charge in [0.25, 0.3) is 0 Å². The number of ether oxygens (including phenoxy) is 1. The van der Waals surface area contributed by atoms with Gasteiger partial charge >= 0.3 is 0 Å². The van der Waals surface area contributed by atoms with Crippen LogP contribution in [0, 0.1) is 19.7 Å². The molecule has 1 N–H and O–H groups in total. The second-order valence-electron chi connectivity index (χ2n) is 9.47. The molecule has 1 fully saturated rings.